The Labute approximate surface area is 96.7 Å². The van der Waals surface area contributed by atoms with Crippen LogP contribution in [0.15, 0.2) is 0 Å². The van der Waals surface area contributed by atoms with Gasteiger partial charge in [-0.2, -0.15) is 0 Å². The van der Waals surface area contributed by atoms with Crippen LogP contribution < -0.4 is 5.73 Å². The lowest BCUT2D eigenvalue weighted by atomic mass is 9.68. The summed E-state index contributed by atoms with van der Waals surface area (Å²) in [5.41, 5.74) is 6.86. The predicted octanol–water partition coefficient (Wildman–Crippen LogP) is 1.65. The second-order valence-electron chi connectivity index (χ2n) is 6.35. The summed E-state index contributed by atoms with van der Waals surface area (Å²) in [5, 5.41) is 0. The van der Waals surface area contributed by atoms with Crippen molar-refractivity contribution >= 4 is 0 Å². The first kappa shape index (κ1) is 9.86. The van der Waals surface area contributed by atoms with E-state index in [4.69, 9.17) is 15.2 Å². The highest BCUT2D eigenvalue weighted by atomic mass is 16.7. The van der Waals surface area contributed by atoms with E-state index >= 15 is 0 Å². The Balaban J connectivity index is 1.62. The van der Waals surface area contributed by atoms with Gasteiger partial charge in [-0.1, -0.05) is 0 Å². The standard InChI is InChI=1S/C13H21NO2/c1-7-15-10-5-13(6-11(10)16-7)9-3-2-8(4-9)12(13)14/h7-12H,2-6,14H2,1H3/t7-,8-,9+,10-,11?,12+,13+/m0/s1. The monoisotopic (exact) mass is 223 g/mol. The summed E-state index contributed by atoms with van der Waals surface area (Å²) in [5.74, 6) is 1.65. The number of fused-ring (bicyclic) bond motifs is 4. The van der Waals surface area contributed by atoms with Crippen molar-refractivity contribution in [3.63, 3.8) is 0 Å². The van der Waals surface area contributed by atoms with Gasteiger partial charge in [-0.05, 0) is 56.3 Å². The highest BCUT2D eigenvalue weighted by Crippen LogP contribution is 2.63. The van der Waals surface area contributed by atoms with Gasteiger partial charge in [0.1, 0.15) is 0 Å². The minimum atomic E-state index is 0.00200. The van der Waals surface area contributed by atoms with E-state index in [1.807, 2.05) is 6.92 Å². The molecule has 2 bridgehead atoms. The number of ether oxygens (including phenoxy) is 2. The molecule has 1 aliphatic heterocycles. The first-order valence-electron chi connectivity index (χ1n) is 6.75. The first-order valence-corrected chi connectivity index (χ1v) is 6.75. The van der Waals surface area contributed by atoms with Crippen LogP contribution in [0.2, 0.25) is 0 Å². The quantitative estimate of drug-likeness (QED) is 0.679. The summed E-state index contributed by atoms with van der Waals surface area (Å²) in [6.07, 6.45) is 7.11. The molecule has 0 aromatic heterocycles. The Morgan fingerprint density at radius 2 is 1.81 bits per heavy atom. The lowest BCUT2D eigenvalue weighted by molar-refractivity contribution is -0.0774. The number of hydrogen-bond donors (Lipinski definition) is 1. The Hall–Kier alpha value is -0.120. The molecular weight excluding hydrogens is 202 g/mol. The SMILES string of the molecule is C[C@@H]1OC2C[C@]3(C[C@@H]2O1)[C@@H]1CC[C@@H](C1)[C@H]3N. The fraction of sp³-hybridized carbons (Fsp3) is 1.00. The first-order chi connectivity index (χ1) is 7.69. The molecule has 3 aliphatic carbocycles. The molecule has 0 amide bonds. The van der Waals surface area contributed by atoms with Crippen molar-refractivity contribution in [3.8, 4) is 0 Å². The molecule has 3 heteroatoms. The zero-order chi connectivity index (χ0) is 10.9. The molecule has 90 valence electrons. The Morgan fingerprint density at radius 1 is 1.12 bits per heavy atom. The van der Waals surface area contributed by atoms with Gasteiger partial charge in [0.25, 0.3) is 0 Å². The maximum absolute atomic E-state index is 6.49. The normalized spacial score (nSPS) is 63.4. The van der Waals surface area contributed by atoms with E-state index in [0.29, 0.717) is 23.7 Å². The average Bonchev–Trinajstić information content (AvgIpc) is 2.89. The predicted molar refractivity (Wildman–Crippen MR) is 59.7 cm³/mol. The Morgan fingerprint density at radius 3 is 2.38 bits per heavy atom. The van der Waals surface area contributed by atoms with Crippen molar-refractivity contribution in [3.05, 3.63) is 0 Å². The van der Waals surface area contributed by atoms with Crippen LogP contribution in [0.5, 0.6) is 0 Å². The smallest absolute Gasteiger partial charge is 0.155 e. The molecule has 1 saturated heterocycles. The summed E-state index contributed by atoms with van der Waals surface area (Å²) in [6, 6.07) is 0.416. The van der Waals surface area contributed by atoms with E-state index in [9.17, 15) is 0 Å². The van der Waals surface area contributed by atoms with Crippen LogP contribution in [0.1, 0.15) is 39.0 Å². The molecule has 0 radical (unpaired) electrons. The van der Waals surface area contributed by atoms with Gasteiger partial charge in [0.05, 0.1) is 12.2 Å². The summed E-state index contributed by atoms with van der Waals surface area (Å²) in [4.78, 5) is 0. The second kappa shape index (κ2) is 3.01. The molecule has 2 N–H and O–H groups in total. The molecular formula is C13H21NO2. The van der Waals surface area contributed by atoms with Crippen molar-refractivity contribution in [1.82, 2.24) is 0 Å². The van der Waals surface area contributed by atoms with E-state index < -0.39 is 0 Å². The summed E-state index contributed by atoms with van der Waals surface area (Å²) in [6.45, 7) is 2.01. The third kappa shape index (κ3) is 1.05. The minimum absolute atomic E-state index is 0.00200. The number of nitrogens with two attached hydrogens (primary N) is 1. The molecule has 1 spiro atoms. The van der Waals surface area contributed by atoms with Crippen molar-refractivity contribution in [2.24, 2.45) is 23.0 Å². The van der Waals surface area contributed by atoms with Gasteiger partial charge < -0.3 is 15.2 Å². The highest BCUT2D eigenvalue weighted by Gasteiger charge is 2.63. The fourth-order valence-electron chi connectivity index (χ4n) is 5.10. The zero-order valence-corrected chi connectivity index (χ0v) is 9.89. The van der Waals surface area contributed by atoms with Crippen LogP contribution in [0.3, 0.4) is 0 Å². The molecule has 3 saturated carbocycles. The second-order valence-corrected chi connectivity index (χ2v) is 6.35. The number of rotatable bonds is 0. The largest absolute Gasteiger partial charge is 0.347 e. The summed E-state index contributed by atoms with van der Waals surface area (Å²) in [7, 11) is 0. The Bertz CT molecular complexity index is 301. The molecule has 0 aromatic rings. The van der Waals surface area contributed by atoms with Gasteiger partial charge >= 0.3 is 0 Å². The molecule has 16 heavy (non-hydrogen) atoms. The van der Waals surface area contributed by atoms with Crippen molar-refractivity contribution in [1.29, 1.82) is 0 Å². The minimum Gasteiger partial charge on any atom is -0.347 e. The average molecular weight is 223 g/mol. The molecule has 4 fully saturated rings. The Kier molecular flexibility index (Phi) is 1.85. The van der Waals surface area contributed by atoms with Crippen LogP contribution >= 0.6 is 0 Å². The van der Waals surface area contributed by atoms with E-state index in [1.165, 1.54) is 19.3 Å². The maximum Gasteiger partial charge on any atom is 0.155 e. The van der Waals surface area contributed by atoms with E-state index in [1.54, 1.807) is 0 Å². The number of hydrogen-bond acceptors (Lipinski definition) is 3. The molecule has 7 atom stereocenters. The van der Waals surface area contributed by atoms with Crippen molar-refractivity contribution in [2.75, 3.05) is 0 Å². The highest BCUT2D eigenvalue weighted by molar-refractivity contribution is 5.14. The topological polar surface area (TPSA) is 44.5 Å². The summed E-state index contributed by atoms with van der Waals surface area (Å²) >= 11 is 0. The van der Waals surface area contributed by atoms with Crippen LogP contribution in [0.25, 0.3) is 0 Å². The molecule has 3 nitrogen and oxygen atoms in total. The van der Waals surface area contributed by atoms with E-state index in [0.717, 1.165) is 24.7 Å². The molecule has 4 aliphatic rings. The maximum atomic E-state index is 6.49. The third-order valence-electron chi connectivity index (χ3n) is 5.77. The molecule has 0 aromatic carbocycles. The van der Waals surface area contributed by atoms with Crippen LogP contribution in [-0.2, 0) is 9.47 Å². The third-order valence-corrected chi connectivity index (χ3v) is 5.77. The molecule has 1 unspecified atom stereocenters. The lowest BCUT2D eigenvalue weighted by Gasteiger charge is -2.39. The zero-order valence-electron chi connectivity index (χ0n) is 9.89. The molecule has 1 heterocycles. The molecule has 4 rings (SSSR count). The van der Waals surface area contributed by atoms with Crippen molar-refractivity contribution in [2.45, 2.75) is 63.6 Å². The van der Waals surface area contributed by atoms with Crippen LogP contribution in [0.4, 0.5) is 0 Å². The van der Waals surface area contributed by atoms with Gasteiger partial charge in [0.2, 0.25) is 0 Å². The van der Waals surface area contributed by atoms with Crippen LogP contribution in [-0.4, -0.2) is 24.5 Å². The van der Waals surface area contributed by atoms with Crippen molar-refractivity contribution < 1.29 is 9.47 Å². The lowest BCUT2D eigenvalue weighted by Crippen LogP contribution is -2.45. The van der Waals surface area contributed by atoms with E-state index in [2.05, 4.69) is 0 Å². The van der Waals surface area contributed by atoms with Crippen LogP contribution in [0, 0.1) is 17.3 Å². The van der Waals surface area contributed by atoms with Gasteiger partial charge in [-0.25, -0.2) is 0 Å². The van der Waals surface area contributed by atoms with Gasteiger partial charge in [-0.15, -0.1) is 0 Å². The summed E-state index contributed by atoms with van der Waals surface area (Å²) < 4.78 is 11.7. The fourth-order valence-corrected chi connectivity index (χ4v) is 5.10. The van der Waals surface area contributed by atoms with E-state index in [-0.39, 0.29) is 6.29 Å². The van der Waals surface area contributed by atoms with Gasteiger partial charge in [0.15, 0.2) is 6.29 Å². The van der Waals surface area contributed by atoms with Gasteiger partial charge in [-0.3, -0.25) is 0 Å². The van der Waals surface area contributed by atoms with Gasteiger partial charge in [0, 0.05) is 6.04 Å².